The highest BCUT2D eigenvalue weighted by atomic mass is 32.1. The van der Waals surface area contributed by atoms with Crippen molar-refractivity contribution in [1.29, 1.82) is 0 Å². The number of benzene rings is 2. The molecule has 2 aromatic carbocycles. The first kappa shape index (κ1) is 15.1. The number of amides is 1. The van der Waals surface area contributed by atoms with Crippen LogP contribution in [0.25, 0.3) is 10.2 Å². The van der Waals surface area contributed by atoms with Crippen LogP contribution in [0, 0.1) is 19.8 Å². The van der Waals surface area contributed by atoms with E-state index in [0.717, 1.165) is 35.0 Å². The van der Waals surface area contributed by atoms with Gasteiger partial charge >= 0.3 is 0 Å². The predicted octanol–water partition coefficient (Wildman–Crippen LogP) is 3.99. The summed E-state index contributed by atoms with van der Waals surface area (Å²) in [5.74, 6) is 0.121. The molecule has 5 heteroatoms. The maximum absolute atomic E-state index is 12.4. The number of thiazole rings is 1. The third-order valence-electron chi connectivity index (χ3n) is 4.46. The van der Waals surface area contributed by atoms with Gasteiger partial charge in [0, 0.05) is 18.8 Å². The van der Waals surface area contributed by atoms with Crippen molar-refractivity contribution in [3.05, 3.63) is 53.6 Å². The summed E-state index contributed by atoms with van der Waals surface area (Å²) in [6.45, 7) is 5.56. The Morgan fingerprint density at radius 3 is 2.79 bits per heavy atom. The zero-order valence-electron chi connectivity index (χ0n) is 13.7. The van der Waals surface area contributed by atoms with Crippen LogP contribution in [-0.4, -0.2) is 24.0 Å². The number of hydrogen-bond acceptors (Lipinski definition) is 4. The molecule has 1 aromatic heterocycles. The zero-order chi connectivity index (χ0) is 16.7. The molecule has 1 aliphatic rings. The van der Waals surface area contributed by atoms with Gasteiger partial charge in [-0.25, -0.2) is 4.98 Å². The Hall–Kier alpha value is -2.40. The molecule has 4 nitrogen and oxygen atoms in total. The van der Waals surface area contributed by atoms with Gasteiger partial charge in [0.2, 0.25) is 5.91 Å². The Kier molecular flexibility index (Phi) is 3.73. The minimum atomic E-state index is 0.0263. The molecule has 1 amide bonds. The van der Waals surface area contributed by atoms with E-state index in [4.69, 9.17) is 0 Å². The molecule has 0 aliphatic carbocycles. The number of anilines is 2. The van der Waals surface area contributed by atoms with Gasteiger partial charge in [0.1, 0.15) is 0 Å². The SMILES string of the molecule is Cc1ccc2nc(N3CC(C(=O)Nc4ccccc4C)C3)sc2c1. The molecule has 122 valence electrons. The number of fused-ring (bicyclic) bond motifs is 1. The first-order chi connectivity index (χ1) is 11.6. The molecule has 0 saturated carbocycles. The molecule has 0 bridgehead atoms. The lowest BCUT2D eigenvalue weighted by molar-refractivity contribution is -0.120. The second kappa shape index (κ2) is 5.91. The molecular weight excluding hydrogens is 318 g/mol. The van der Waals surface area contributed by atoms with Crippen molar-refractivity contribution in [2.45, 2.75) is 13.8 Å². The lowest BCUT2D eigenvalue weighted by atomic mass is 10.00. The second-order valence-electron chi connectivity index (χ2n) is 6.37. The number of rotatable bonds is 3. The van der Waals surface area contributed by atoms with Gasteiger partial charge in [-0.1, -0.05) is 35.6 Å². The van der Waals surface area contributed by atoms with Crippen LogP contribution in [0.1, 0.15) is 11.1 Å². The molecule has 0 atom stereocenters. The highest BCUT2D eigenvalue weighted by Crippen LogP contribution is 2.33. The van der Waals surface area contributed by atoms with Crippen molar-refractivity contribution in [3.8, 4) is 0 Å². The zero-order valence-corrected chi connectivity index (χ0v) is 14.6. The van der Waals surface area contributed by atoms with Gasteiger partial charge in [-0.15, -0.1) is 0 Å². The molecule has 3 aromatic rings. The maximum Gasteiger partial charge on any atom is 0.231 e. The number of aryl methyl sites for hydroxylation is 2. The van der Waals surface area contributed by atoms with Gasteiger partial charge in [0.15, 0.2) is 5.13 Å². The molecule has 4 rings (SSSR count). The lowest BCUT2D eigenvalue weighted by Gasteiger charge is -2.38. The summed E-state index contributed by atoms with van der Waals surface area (Å²) in [6, 6.07) is 14.2. The average molecular weight is 337 g/mol. The van der Waals surface area contributed by atoms with Crippen molar-refractivity contribution >= 4 is 38.3 Å². The van der Waals surface area contributed by atoms with Crippen LogP contribution in [0.15, 0.2) is 42.5 Å². The van der Waals surface area contributed by atoms with Crippen LogP contribution in [-0.2, 0) is 4.79 Å². The van der Waals surface area contributed by atoms with E-state index in [1.807, 2.05) is 31.2 Å². The summed E-state index contributed by atoms with van der Waals surface area (Å²) < 4.78 is 1.21. The first-order valence-electron chi connectivity index (χ1n) is 8.09. The van der Waals surface area contributed by atoms with E-state index in [1.165, 1.54) is 10.3 Å². The molecule has 1 fully saturated rings. The van der Waals surface area contributed by atoms with Gasteiger partial charge in [-0.2, -0.15) is 0 Å². The predicted molar refractivity (Wildman–Crippen MR) is 99.9 cm³/mol. The molecule has 0 radical (unpaired) electrons. The van der Waals surface area contributed by atoms with E-state index >= 15 is 0 Å². The summed E-state index contributed by atoms with van der Waals surface area (Å²) in [5, 5.41) is 4.05. The number of carbonyl (C=O) groups is 1. The number of nitrogens with one attached hydrogen (secondary N) is 1. The fourth-order valence-corrected chi connectivity index (χ4v) is 3.99. The van der Waals surface area contributed by atoms with E-state index in [2.05, 4.69) is 40.3 Å². The van der Waals surface area contributed by atoms with E-state index < -0.39 is 0 Å². The average Bonchev–Trinajstić information content (AvgIpc) is 2.90. The monoisotopic (exact) mass is 337 g/mol. The lowest BCUT2D eigenvalue weighted by Crippen LogP contribution is -2.52. The van der Waals surface area contributed by atoms with Crippen LogP contribution in [0.2, 0.25) is 0 Å². The van der Waals surface area contributed by atoms with Crippen LogP contribution < -0.4 is 10.2 Å². The second-order valence-corrected chi connectivity index (χ2v) is 7.38. The summed E-state index contributed by atoms with van der Waals surface area (Å²) in [6.07, 6.45) is 0. The van der Waals surface area contributed by atoms with Crippen molar-refractivity contribution in [2.24, 2.45) is 5.92 Å². The number of carbonyl (C=O) groups excluding carboxylic acids is 1. The fraction of sp³-hybridized carbons (Fsp3) is 0.263. The van der Waals surface area contributed by atoms with E-state index in [0.29, 0.717) is 0 Å². The number of nitrogens with zero attached hydrogens (tertiary/aromatic N) is 2. The van der Waals surface area contributed by atoms with Crippen LogP contribution in [0.3, 0.4) is 0 Å². The molecule has 24 heavy (non-hydrogen) atoms. The number of para-hydroxylation sites is 1. The van der Waals surface area contributed by atoms with Crippen molar-refractivity contribution in [3.63, 3.8) is 0 Å². The third-order valence-corrected chi connectivity index (χ3v) is 5.54. The summed E-state index contributed by atoms with van der Waals surface area (Å²) in [7, 11) is 0. The maximum atomic E-state index is 12.4. The molecular formula is C19H19N3OS. The number of hydrogen-bond donors (Lipinski definition) is 1. The van der Waals surface area contributed by atoms with E-state index in [-0.39, 0.29) is 11.8 Å². The topological polar surface area (TPSA) is 45.2 Å². The minimum absolute atomic E-state index is 0.0263. The Morgan fingerprint density at radius 1 is 1.21 bits per heavy atom. The van der Waals surface area contributed by atoms with Crippen LogP contribution in [0.5, 0.6) is 0 Å². The molecule has 0 spiro atoms. The van der Waals surface area contributed by atoms with Crippen molar-refractivity contribution in [1.82, 2.24) is 4.98 Å². The van der Waals surface area contributed by atoms with Gasteiger partial charge in [0.05, 0.1) is 16.1 Å². The first-order valence-corrected chi connectivity index (χ1v) is 8.90. The Labute approximate surface area is 145 Å². The van der Waals surface area contributed by atoms with Gasteiger partial charge in [-0.05, 0) is 43.2 Å². The Bertz CT molecular complexity index is 912. The van der Waals surface area contributed by atoms with Gasteiger partial charge in [0.25, 0.3) is 0 Å². The van der Waals surface area contributed by atoms with E-state index in [1.54, 1.807) is 11.3 Å². The highest BCUT2D eigenvalue weighted by molar-refractivity contribution is 7.22. The summed E-state index contributed by atoms with van der Waals surface area (Å²) in [4.78, 5) is 19.2. The molecule has 0 unspecified atom stereocenters. The minimum Gasteiger partial charge on any atom is -0.346 e. The van der Waals surface area contributed by atoms with Crippen molar-refractivity contribution in [2.75, 3.05) is 23.3 Å². The molecule has 1 saturated heterocycles. The van der Waals surface area contributed by atoms with Gasteiger partial charge in [-0.3, -0.25) is 4.79 Å². The van der Waals surface area contributed by atoms with Crippen molar-refractivity contribution < 1.29 is 4.79 Å². The quantitative estimate of drug-likeness (QED) is 0.786. The van der Waals surface area contributed by atoms with E-state index in [9.17, 15) is 4.79 Å². The third kappa shape index (κ3) is 2.76. The summed E-state index contributed by atoms with van der Waals surface area (Å²) in [5.41, 5.74) is 4.27. The highest BCUT2D eigenvalue weighted by Gasteiger charge is 2.34. The fourth-order valence-electron chi connectivity index (χ4n) is 2.90. The molecule has 1 N–H and O–H groups in total. The van der Waals surface area contributed by atoms with Gasteiger partial charge < -0.3 is 10.2 Å². The van der Waals surface area contributed by atoms with Crippen LogP contribution in [0.4, 0.5) is 10.8 Å². The Morgan fingerprint density at radius 2 is 2.00 bits per heavy atom. The largest absolute Gasteiger partial charge is 0.346 e. The normalized spacial score (nSPS) is 14.7. The standard InChI is InChI=1S/C19H19N3OS/c1-12-7-8-16-17(9-12)24-19(21-16)22-10-14(11-22)18(23)20-15-6-4-3-5-13(15)2/h3-9,14H,10-11H2,1-2H3,(H,20,23). The molecule has 1 aliphatic heterocycles. The smallest absolute Gasteiger partial charge is 0.231 e. The van der Waals surface area contributed by atoms with Crippen LogP contribution >= 0.6 is 11.3 Å². The Balaban J connectivity index is 1.42. The summed E-state index contributed by atoms with van der Waals surface area (Å²) >= 11 is 1.70. The number of aromatic nitrogens is 1. The molecule has 2 heterocycles.